The van der Waals surface area contributed by atoms with Crippen LogP contribution in [0.4, 0.5) is 0 Å². The maximum atomic E-state index is 11.3. The van der Waals surface area contributed by atoms with Crippen molar-refractivity contribution in [3.63, 3.8) is 0 Å². The van der Waals surface area contributed by atoms with Gasteiger partial charge in [-0.2, -0.15) is 0 Å². The van der Waals surface area contributed by atoms with Gasteiger partial charge in [-0.1, -0.05) is 50.1 Å². The number of benzene rings is 1. The van der Waals surface area contributed by atoms with Crippen LogP contribution in [-0.2, 0) is 10.2 Å². The van der Waals surface area contributed by atoms with E-state index in [2.05, 4.69) is 37.3 Å². The Bertz CT molecular complexity index is 436. The van der Waals surface area contributed by atoms with Gasteiger partial charge < -0.3 is 9.84 Å². The normalized spacial score (nSPS) is 30.8. The number of hydrogen-bond donors (Lipinski definition) is 1. The fraction of sp³-hybridized carbons (Fsp3) is 0.684. The largest absolute Gasteiger partial charge is 0.392 e. The molecular formula is C19H28O2. The van der Waals surface area contributed by atoms with Crippen molar-refractivity contribution >= 4 is 0 Å². The van der Waals surface area contributed by atoms with E-state index in [1.165, 1.54) is 31.2 Å². The second kappa shape index (κ2) is 6.50. The molecule has 3 rings (SSSR count). The molecule has 0 spiro atoms. The summed E-state index contributed by atoms with van der Waals surface area (Å²) in [4.78, 5) is 0. The highest BCUT2D eigenvalue weighted by Crippen LogP contribution is 2.44. The third-order valence-electron chi connectivity index (χ3n) is 5.72. The van der Waals surface area contributed by atoms with Crippen molar-refractivity contribution in [3.05, 3.63) is 35.9 Å². The Balaban J connectivity index is 1.88. The minimum Gasteiger partial charge on any atom is -0.392 e. The minimum absolute atomic E-state index is 0.0960. The van der Waals surface area contributed by atoms with Crippen LogP contribution in [0.3, 0.4) is 0 Å². The SMILES string of the molecule is CC1CCCC(C(O)C2(c3ccccc3)CCOCC2)C1. The van der Waals surface area contributed by atoms with Gasteiger partial charge in [0.15, 0.2) is 0 Å². The number of aliphatic hydroxyl groups is 1. The van der Waals surface area contributed by atoms with Gasteiger partial charge in [0.25, 0.3) is 0 Å². The zero-order valence-corrected chi connectivity index (χ0v) is 13.1. The molecule has 0 aromatic heterocycles. The molecule has 1 aromatic carbocycles. The van der Waals surface area contributed by atoms with Gasteiger partial charge in [-0.15, -0.1) is 0 Å². The van der Waals surface area contributed by atoms with Crippen molar-refractivity contribution in [2.45, 2.75) is 57.0 Å². The van der Waals surface area contributed by atoms with Crippen molar-refractivity contribution in [2.75, 3.05) is 13.2 Å². The lowest BCUT2D eigenvalue weighted by Gasteiger charge is -2.46. The van der Waals surface area contributed by atoms with Crippen LogP contribution in [0.15, 0.2) is 30.3 Å². The first-order chi connectivity index (χ1) is 10.2. The highest BCUT2D eigenvalue weighted by Gasteiger charge is 2.45. The molecule has 2 heteroatoms. The molecule has 0 radical (unpaired) electrons. The summed E-state index contributed by atoms with van der Waals surface area (Å²) in [6.07, 6.45) is 6.62. The molecule has 1 saturated carbocycles. The second-order valence-corrected chi connectivity index (χ2v) is 7.11. The lowest BCUT2D eigenvalue weighted by atomic mass is 9.63. The lowest BCUT2D eigenvalue weighted by molar-refractivity contribution is -0.0513. The number of rotatable bonds is 3. The van der Waals surface area contributed by atoms with Crippen LogP contribution < -0.4 is 0 Å². The molecule has 2 fully saturated rings. The van der Waals surface area contributed by atoms with Crippen LogP contribution in [0, 0.1) is 11.8 Å². The molecule has 116 valence electrons. The first kappa shape index (κ1) is 15.1. The number of aliphatic hydroxyl groups excluding tert-OH is 1. The van der Waals surface area contributed by atoms with E-state index in [9.17, 15) is 5.11 Å². The Hall–Kier alpha value is -0.860. The van der Waals surface area contributed by atoms with Gasteiger partial charge in [-0.25, -0.2) is 0 Å². The summed E-state index contributed by atoms with van der Waals surface area (Å²) in [5.74, 6) is 1.21. The van der Waals surface area contributed by atoms with E-state index in [0.717, 1.165) is 32.0 Å². The lowest BCUT2D eigenvalue weighted by Crippen LogP contribution is -2.48. The van der Waals surface area contributed by atoms with Gasteiger partial charge >= 0.3 is 0 Å². The molecule has 0 bridgehead atoms. The average molecular weight is 288 g/mol. The Kier molecular flexibility index (Phi) is 4.66. The van der Waals surface area contributed by atoms with Gasteiger partial charge in [-0.3, -0.25) is 0 Å². The third kappa shape index (κ3) is 3.02. The summed E-state index contributed by atoms with van der Waals surface area (Å²) in [7, 11) is 0. The maximum Gasteiger partial charge on any atom is 0.0666 e. The van der Waals surface area contributed by atoms with Gasteiger partial charge in [-0.05, 0) is 43.1 Å². The molecule has 1 aliphatic carbocycles. The molecule has 2 aliphatic rings. The predicted molar refractivity (Wildman–Crippen MR) is 85.3 cm³/mol. The summed E-state index contributed by atoms with van der Waals surface area (Å²) in [5.41, 5.74) is 1.21. The molecule has 3 atom stereocenters. The smallest absolute Gasteiger partial charge is 0.0666 e. The summed E-state index contributed by atoms with van der Waals surface area (Å²) in [5, 5.41) is 11.3. The number of hydrogen-bond acceptors (Lipinski definition) is 2. The second-order valence-electron chi connectivity index (χ2n) is 7.11. The third-order valence-corrected chi connectivity index (χ3v) is 5.72. The standard InChI is InChI=1S/C19H28O2/c1-15-6-5-7-16(14-15)18(20)19(10-12-21-13-11-19)17-8-3-2-4-9-17/h2-4,8-9,15-16,18,20H,5-7,10-14H2,1H3. The van der Waals surface area contributed by atoms with Crippen molar-refractivity contribution in [3.8, 4) is 0 Å². The molecule has 1 aromatic rings. The van der Waals surface area contributed by atoms with Crippen LogP contribution >= 0.6 is 0 Å². The van der Waals surface area contributed by atoms with Crippen molar-refractivity contribution in [1.29, 1.82) is 0 Å². The highest BCUT2D eigenvalue weighted by atomic mass is 16.5. The van der Waals surface area contributed by atoms with E-state index in [4.69, 9.17) is 4.74 Å². The molecule has 21 heavy (non-hydrogen) atoms. The van der Waals surface area contributed by atoms with Crippen LogP contribution in [0.5, 0.6) is 0 Å². The topological polar surface area (TPSA) is 29.5 Å². The Morgan fingerprint density at radius 2 is 1.86 bits per heavy atom. The summed E-state index contributed by atoms with van der Waals surface area (Å²) in [6.45, 7) is 3.88. The zero-order chi connectivity index (χ0) is 14.7. The molecule has 1 N–H and O–H groups in total. The molecule has 3 unspecified atom stereocenters. The fourth-order valence-electron chi connectivity index (χ4n) is 4.48. The highest BCUT2D eigenvalue weighted by molar-refractivity contribution is 5.28. The Labute approximate surface area is 128 Å². The van der Waals surface area contributed by atoms with E-state index in [0.29, 0.717) is 5.92 Å². The van der Waals surface area contributed by atoms with Crippen LogP contribution in [0.1, 0.15) is 51.0 Å². The van der Waals surface area contributed by atoms with Gasteiger partial charge in [0, 0.05) is 18.6 Å². The van der Waals surface area contributed by atoms with E-state index in [-0.39, 0.29) is 11.5 Å². The summed E-state index contributed by atoms with van der Waals surface area (Å²) in [6, 6.07) is 10.7. The molecule has 1 aliphatic heterocycles. The Morgan fingerprint density at radius 3 is 2.52 bits per heavy atom. The molecular weight excluding hydrogens is 260 g/mol. The van der Waals surface area contributed by atoms with Crippen LogP contribution in [0.25, 0.3) is 0 Å². The molecule has 0 amide bonds. The predicted octanol–water partition coefficient (Wildman–Crippen LogP) is 3.92. The van der Waals surface area contributed by atoms with E-state index < -0.39 is 0 Å². The van der Waals surface area contributed by atoms with Crippen molar-refractivity contribution < 1.29 is 9.84 Å². The Morgan fingerprint density at radius 1 is 1.14 bits per heavy atom. The monoisotopic (exact) mass is 288 g/mol. The van der Waals surface area contributed by atoms with Gasteiger partial charge in [0.1, 0.15) is 0 Å². The van der Waals surface area contributed by atoms with Crippen LogP contribution in [-0.4, -0.2) is 24.4 Å². The van der Waals surface area contributed by atoms with Gasteiger partial charge in [0.2, 0.25) is 0 Å². The number of ether oxygens (including phenoxy) is 1. The summed E-state index contributed by atoms with van der Waals surface area (Å²) >= 11 is 0. The molecule has 1 saturated heterocycles. The van der Waals surface area contributed by atoms with Crippen LogP contribution in [0.2, 0.25) is 0 Å². The summed E-state index contributed by atoms with van der Waals surface area (Å²) < 4.78 is 5.59. The van der Waals surface area contributed by atoms with Crippen molar-refractivity contribution in [2.24, 2.45) is 11.8 Å². The van der Waals surface area contributed by atoms with Gasteiger partial charge in [0.05, 0.1) is 6.10 Å². The molecule has 2 nitrogen and oxygen atoms in total. The van der Waals surface area contributed by atoms with Crippen molar-refractivity contribution in [1.82, 2.24) is 0 Å². The maximum absolute atomic E-state index is 11.3. The van der Waals surface area contributed by atoms with E-state index in [1.54, 1.807) is 0 Å². The first-order valence-electron chi connectivity index (χ1n) is 8.54. The van der Waals surface area contributed by atoms with E-state index in [1.807, 2.05) is 0 Å². The zero-order valence-electron chi connectivity index (χ0n) is 13.1. The average Bonchev–Trinajstić information content (AvgIpc) is 2.55. The molecule has 1 heterocycles. The fourth-order valence-corrected chi connectivity index (χ4v) is 4.48. The minimum atomic E-state index is -0.230. The quantitative estimate of drug-likeness (QED) is 0.913. The van der Waals surface area contributed by atoms with E-state index >= 15 is 0 Å². The first-order valence-corrected chi connectivity index (χ1v) is 8.54.